The molecule has 0 bridgehead atoms. The third-order valence-corrected chi connectivity index (χ3v) is 4.26. The van der Waals surface area contributed by atoms with Crippen molar-refractivity contribution < 1.29 is 8.42 Å². The third-order valence-electron chi connectivity index (χ3n) is 3.32. The van der Waals surface area contributed by atoms with Gasteiger partial charge < -0.3 is 10.2 Å². The van der Waals surface area contributed by atoms with E-state index in [9.17, 15) is 8.42 Å². The molecule has 0 saturated carbocycles. The molecule has 2 atom stereocenters. The predicted octanol–water partition coefficient (Wildman–Crippen LogP) is 0.208. The summed E-state index contributed by atoms with van der Waals surface area (Å²) in [5, 5.41) is 3.18. The maximum absolute atomic E-state index is 10.9. The fourth-order valence-electron chi connectivity index (χ4n) is 2.05. The monoisotopic (exact) mass is 248 g/mol. The first kappa shape index (κ1) is 13.9. The average molecular weight is 248 g/mol. The number of nitrogens with one attached hydrogen (secondary N) is 1. The van der Waals surface area contributed by atoms with E-state index >= 15 is 0 Å². The van der Waals surface area contributed by atoms with Crippen LogP contribution in [0, 0.1) is 11.8 Å². The van der Waals surface area contributed by atoms with Gasteiger partial charge in [0.2, 0.25) is 0 Å². The first-order chi connectivity index (χ1) is 7.38. The van der Waals surface area contributed by atoms with E-state index in [2.05, 4.69) is 24.1 Å². The van der Waals surface area contributed by atoms with Crippen molar-refractivity contribution in [2.24, 2.45) is 11.8 Å². The van der Waals surface area contributed by atoms with E-state index in [4.69, 9.17) is 0 Å². The molecule has 2 unspecified atom stereocenters. The number of rotatable bonds is 6. The maximum Gasteiger partial charge on any atom is 0.148 e. The zero-order chi connectivity index (χ0) is 12.2. The van der Waals surface area contributed by atoms with Crippen molar-refractivity contribution in [1.82, 2.24) is 10.2 Å². The minimum absolute atomic E-state index is 0.236. The fourth-order valence-corrected chi connectivity index (χ4v) is 2.57. The van der Waals surface area contributed by atoms with Crippen molar-refractivity contribution in [2.45, 2.75) is 13.8 Å². The van der Waals surface area contributed by atoms with E-state index in [1.54, 1.807) is 0 Å². The van der Waals surface area contributed by atoms with Crippen LogP contribution in [0.15, 0.2) is 0 Å². The first-order valence-electron chi connectivity index (χ1n) is 5.99. The molecule has 0 spiro atoms. The van der Waals surface area contributed by atoms with E-state index in [1.807, 2.05) is 0 Å². The van der Waals surface area contributed by atoms with Crippen molar-refractivity contribution in [1.29, 1.82) is 0 Å². The van der Waals surface area contributed by atoms with Crippen LogP contribution in [0.3, 0.4) is 0 Å². The molecule has 1 fully saturated rings. The Morgan fingerprint density at radius 1 is 1.19 bits per heavy atom. The Morgan fingerprint density at radius 3 is 2.25 bits per heavy atom. The Balaban J connectivity index is 2.04. The summed E-state index contributed by atoms with van der Waals surface area (Å²) in [5.74, 6) is 1.81. The second-order valence-electron chi connectivity index (χ2n) is 5.09. The van der Waals surface area contributed by atoms with Crippen molar-refractivity contribution in [3.05, 3.63) is 0 Å². The third kappa shape index (κ3) is 5.27. The topological polar surface area (TPSA) is 49.4 Å². The highest BCUT2D eigenvalue weighted by atomic mass is 32.2. The lowest BCUT2D eigenvalue weighted by atomic mass is 10.0. The van der Waals surface area contributed by atoms with Crippen LogP contribution in [0.25, 0.3) is 0 Å². The molecule has 1 aliphatic rings. The zero-order valence-corrected chi connectivity index (χ0v) is 11.4. The Morgan fingerprint density at radius 2 is 1.75 bits per heavy atom. The van der Waals surface area contributed by atoms with Crippen LogP contribution in [0.4, 0.5) is 0 Å². The standard InChI is InChI=1S/C11H24N2O2S/c1-10-8-13(9-11(10)2)6-4-12-5-7-16(3,14)15/h10-12H,4-9H2,1-3H3. The van der Waals surface area contributed by atoms with E-state index < -0.39 is 9.84 Å². The lowest BCUT2D eigenvalue weighted by Gasteiger charge is -2.15. The summed E-state index contributed by atoms with van der Waals surface area (Å²) in [6.07, 6.45) is 1.28. The summed E-state index contributed by atoms with van der Waals surface area (Å²) in [7, 11) is -2.82. The number of hydrogen-bond donors (Lipinski definition) is 1. The van der Waals surface area contributed by atoms with Gasteiger partial charge in [0.1, 0.15) is 9.84 Å². The maximum atomic E-state index is 10.9. The molecule has 1 saturated heterocycles. The van der Waals surface area contributed by atoms with Gasteiger partial charge in [-0.2, -0.15) is 0 Å². The van der Waals surface area contributed by atoms with Crippen LogP contribution in [-0.4, -0.2) is 58.1 Å². The molecule has 0 radical (unpaired) electrons. The normalized spacial score (nSPS) is 27.4. The number of sulfone groups is 1. The molecule has 16 heavy (non-hydrogen) atoms. The molecule has 0 aromatic heterocycles. The van der Waals surface area contributed by atoms with Gasteiger partial charge in [-0.15, -0.1) is 0 Å². The smallest absolute Gasteiger partial charge is 0.148 e. The highest BCUT2D eigenvalue weighted by molar-refractivity contribution is 7.90. The van der Waals surface area contributed by atoms with Gasteiger partial charge in [0.25, 0.3) is 0 Å². The van der Waals surface area contributed by atoms with Crippen LogP contribution in [0.1, 0.15) is 13.8 Å². The SMILES string of the molecule is CC1CN(CCNCCS(C)(=O)=O)CC1C. The molecule has 96 valence electrons. The molecule has 0 aliphatic carbocycles. The predicted molar refractivity (Wildman–Crippen MR) is 67.3 cm³/mol. The summed E-state index contributed by atoms with van der Waals surface area (Å²) in [6, 6.07) is 0. The molecular weight excluding hydrogens is 224 g/mol. The molecule has 1 heterocycles. The Bertz CT molecular complexity index is 293. The largest absolute Gasteiger partial charge is 0.314 e. The van der Waals surface area contributed by atoms with Gasteiger partial charge in [-0.3, -0.25) is 0 Å². The molecule has 5 heteroatoms. The summed E-state index contributed by atoms with van der Waals surface area (Å²) >= 11 is 0. The van der Waals surface area contributed by atoms with Gasteiger partial charge in [0.15, 0.2) is 0 Å². The highest BCUT2D eigenvalue weighted by Crippen LogP contribution is 2.21. The van der Waals surface area contributed by atoms with Gasteiger partial charge >= 0.3 is 0 Å². The van der Waals surface area contributed by atoms with Crippen LogP contribution in [-0.2, 0) is 9.84 Å². The lowest BCUT2D eigenvalue weighted by molar-refractivity contribution is 0.323. The summed E-state index contributed by atoms with van der Waals surface area (Å²) in [5.41, 5.74) is 0. The molecule has 4 nitrogen and oxygen atoms in total. The number of likely N-dealkylation sites (tertiary alicyclic amines) is 1. The second-order valence-corrected chi connectivity index (χ2v) is 7.35. The summed E-state index contributed by atoms with van der Waals surface area (Å²) in [4.78, 5) is 2.45. The molecule has 1 N–H and O–H groups in total. The van der Waals surface area contributed by atoms with Gasteiger partial charge in [-0.05, 0) is 11.8 Å². The van der Waals surface area contributed by atoms with E-state index in [0.29, 0.717) is 6.54 Å². The van der Waals surface area contributed by atoms with Crippen LogP contribution < -0.4 is 5.32 Å². The first-order valence-corrected chi connectivity index (χ1v) is 8.05. The Labute approximate surface area is 99.3 Å². The fraction of sp³-hybridized carbons (Fsp3) is 1.00. The molecule has 0 aromatic carbocycles. The Hall–Kier alpha value is -0.130. The van der Waals surface area contributed by atoms with E-state index in [0.717, 1.165) is 24.9 Å². The molecule has 1 aliphatic heterocycles. The van der Waals surface area contributed by atoms with Gasteiger partial charge in [-0.25, -0.2) is 8.42 Å². The molecule has 0 aromatic rings. The quantitative estimate of drug-likeness (QED) is 0.683. The van der Waals surface area contributed by atoms with Crippen LogP contribution >= 0.6 is 0 Å². The van der Waals surface area contributed by atoms with Crippen LogP contribution in [0.2, 0.25) is 0 Å². The summed E-state index contributed by atoms with van der Waals surface area (Å²) < 4.78 is 21.8. The van der Waals surface area contributed by atoms with Crippen molar-refractivity contribution >= 4 is 9.84 Å². The number of hydrogen-bond acceptors (Lipinski definition) is 4. The van der Waals surface area contributed by atoms with Gasteiger partial charge in [-0.1, -0.05) is 13.8 Å². The van der Waals surface area contributed by atoms with Gasteiger partial charge in [0.05, 0.1) is 5.75 Å². The summed E-state index contributed by atoms with van der Waals surface area (Å²) in [6.45, 7) is 9.42. The number of nitrogens with zero attached hydrogens (tertiary/aromatic N) is 1. The highest BCUT2D eigenvalue weighted by Gasteiger charge is 2.25. The molecule has 0 amide bonds. The lowest BCUT2D eigenvalue weighted by Crippen LogP contribution is -2.32. The van der Waals surface area contributed by atoms with Crippen molar-refractivity contribution in [3.8, 4) is 0 Å². The van der Waals surface area contributed by atoms with Crippen LogP contribution in [0.5, 0.6) is 0 Å². The van der Waals surface area contributed by atoms with Gasteiger partial charge in [0, 0.05) is 39.0 Å². The zero-order valence-electron chi connectivity index (χ0n) is 10.6. The Kier molecular flexibility index (Phi) is 5.21. The minimum Gasteiger partial charge on any atom is -0.314 e. The average Bonchev–Trinajstić information content (AvgIpc) is 2.44. The minimum atomic E-state index is -2.82. The molecular formula is C11H24N2O2S. The molecule has 1 rings (SSSR count). The second kappa shape index (κ2) is 5.98. The van der Waals surface area contributed by atoms with E-state index in [-0.39, 0.29) is 5.75 Å². The van der Waals surface area contributed by atoms with Crippen molar-refractivity contribution in [3.63, 3.8) is 0 Å². The van der Waals surface area contributed by atoms with E-state index in [1.165, 1.54) is 19.3 Å². The van der Waals surface area contributed by atoms with Crippen molar-refractivity contribution in [2.75, 3.05) is 44.7 Å².